The highest BCUT2D eigenvalue weighted by Crippen LogP contribution is 2.29. The van der Waals surface area contributed by atoms with Crippen LogP contribution in [-0.2, 0) is 14.8 Å². The van der Waals surface area contributed by atoms with E-state index < -0.39 is 10.0 Å². The number of hydrogen-bond acceptors (Lipinski definition) is 6. The summed E-state index contributed by atoms with van der Waals surface area (Å²) in [6, 6.07) is 6.66. The van der Waals surface area contributed by atoms with E-state index in [0.29, 0.717) is 11.4 Å². The molecular formula is C12H13N3O4S2. The number of nitrogens with one attached hydrogen (secondary N) is 2. The monoisotopic (exact) mass is 327 g/mol. The second-order valence-electron chi connectivity index (χ2n) is 3.97. The first-order valence-corrected chi connectivity index (χ1v) is 8.11. The quantitative estimate of drug-likeness (QED) is 0.874. The van der Waals surface area contributed by atoms with Gasteiger partial charge in [-0.25, -0.2) is 13.4 Å². The number of amides is 1. The van der Waals surface area contributed by atoms with Gasteiger partial charge in [-0.05, 0) is 12.1 Å². The number of thiazole rings is 1. The average molecular weight is 327 g/mol. The van der Waals surface area contributed by atoms with Crippen molar-refractivity contribution in [3.8, 4) is 5.75 Å². The maximum absolute atomic E-state index is 12.3. The molecule has 1 amide bonds. The van der Waals surface area contributed by atoms with Crippen LogP contribution in [0.1, 0.15) is 6.92 Å². The van der Waals surface area contributed by atoms with Crippen molar-refractivity contribution in [3.05, 3.63) is 30.5 Å². The minimum Gasteiger partial charge on any atom is -0.495 e. The highest BCUT2D eigenvalue weighted by Gasteiger charge is 2.20. The van der Waals surface area contributed by atoms with E-state index in [9.17, 15) is 13.2 Å². The smallest absolute Gasteiger partial charge is 0.273 e. The molecule has 9 heteroatoms. The highest BCUT2D eigenvalue weighted by molar-refractivity contribution is 7.94. The summed E-state index contributed by atoms with van der Waals surface area (Å²) in [5.74, 6) is 0.0960. The molecule has 1 aromatic heterocycles. The molecule has 112 valence electrons. The van der Waals surface area contributed by atoms with Crippen molar-refractivity contribution < 1.29 is 17.9 Å². The zero-order valence-electron chi connectivity index (χ0n) is 11.3. The van der Waals surface area contributed by atoms with Crippen LogP contribution in [-0.4, -0.2) is 26.4 Å². The van der Waals surface area contributed by atoms with Gasteiger partial charge in [0, 0.05) is 6.92 Å². The Morgan fingerprint density at radius 1 is 1.33 bits per heavy atom. The van der Waals surface area contributed by atoms with Gasteiger partial charge in [-0.2, -0.15) is 0 Å². The average Bonchev–Trinajstić information content (AvgIpc) is 2.87. The van der Waals surface area contributed by atoms with Crippen molar-refractivity contribution in [1.29, 1.82) is 0 Å². The molecule has 0 spiro atoms. The number of anilines is 2. The van der Waals surface area contributed by atoms with E-state index in [4.69, 9.17) is 4.74 Å². The Labute approximate surface area is 126 Å². The number of sulfonamides is 1. The van der Waals surface area contributed by atoms with Crippen molar-refractivity contribution in [2.24, 2.45) is 0 Å². The van der Waals surface area contributed by atoms with Crippen LogP contribution in [0, 0.1) is 0 Å². The fraction of sp³-hybridized carbons (Fsp3) is 0.167. The standard InChI is InChI=1S/C12H13N3O4S2/c1-8(16)14-12-13-7-11(20-12)21(17,18)15-9-5-3-4-6-10(9)19-2/h3-7,15H,1-2H3,(H,13,14,16). The van der Waals surface area contributed by atoms with Gasteiger partial charge in [-0.3, -0.25) is 9.52 Å². The maximum Gasteiger partial charge on any atom is 0.273 e. The fourth-order valence-electron chi connectivity index (χ4n) is 1.52. The first-order chi connectivity index (χ1) is 9.92. The number of methoxy groups -OCH3 is 1. The van der Waals surface area contributed by atoms with E-state index in [2.05, 4.69) is 15.0 Å². The van der Waals surface area contributed by atoms with Crippen LogP contribution in [0.2, 0.25) is 0 Å². The number of benzene rings is 1. The largest absolute Gasteiger partial charge is 0.495 e. The van der Waals surface area contributed by atoms with Crippen LogP contribution in [0.15, 0.2) is 34.7 Å². The molecule has 21 heavy (non-hydrogen) atoms. The highest BCUT2D eigenvalue weighted by atomic mass is 32.2. The first kappa shape index (κ1) is 15.3. The van der Waals surface area contributed by atoms with Crippen molar-refractivity contribution in [2.45, 2.75) is 11.1 Å². The lowest BCUT2D eigenvalue weighted by Gasteiger charge is -2.09. The molecule has 0 atom stereocenters. The summed E-state index contributed by atoms with van der Waals surface area (Å²) in [4.78, 5) is 14.8. The first-order valence-electron chi connectivity index (χ1n) is 5.81. The molecule has 0 bridgehead atoms. The second-order valence-corrected chi connectivity index (χ2v) is 6.91. The minimum absolute atomic E-state index is 0.00263. The van der Waals surface area contributed by atoms with Crippen molar-refractivity contribution in [3.63, 3.8) is 0 Å². The normalized spacial score (nSPS) is 11.0. The molecule has 0 unspecified atom stereocenters. The van der Waals surface area contributed by atoms with E-state index in [1.165, 1.54) is 20.2 Å². The Kier molecular flexibility index (Phi) is 4.43. The third-order valence-electron chi connectivity index (χ3n) is 2.38. The predicted octanol–water partition coefficient (Wildman–Crippen LogP) is 1.91. The molecule has 1 heterocycles. The van der Waals surface area contributed by atoms with Crippen molar-refractivity contribution in [2.75, 3.05) is 17.1 Å². The van der Waals surface area contributed by atoms with Gasteiger partial charge in [-0.1, -0.05) is 23.5 Å². The minimum atomic E-state index is -3.79. The Morgan fingerprint density at radius 2 is 2.05 bits per heavy atom. The van der Waals surface area contributed by atoms with Crippen LogP contribution in [0.4, 0.5) is 10.8 Å². The Morgan fingerprint density at radius 3 is 2.71 bits per heavy atom. The summed E-state index contributed by atoms with van der Waals surface area (Å²) in [6.07, 6.45) is 1.19. The number of carbonyl (C=O) groups is 1. The molecule has 0 fully saturated rings. The van der Waals surface area contributed by atoms with Crippen LogP contribution >= 0.6 is 11.3 Å². The van der Waals surface area contributed by atoms with Crippen LogP contribution < -0.4 is 14.8 Å². The third-order valence-corrected chi connectivity index (χ3v) is 5.12. The van der Waals surface area contributed by atoms with E-state index in [1.54, 1.807) is 24.3 Å². The number of para-hydroxylation sites is 2. The number of aromatic nitrogens is 1. The lowest BCUT2D eigenvalue weighted by Crippen LogP contribution is -2.12. The third kappa shape index (κ3) is 3.70. The molecule has 7 nitrogen and oxygen atoms in total. The summed E-state index contributed by atoms with van der Waals surface area (Å²) in [5.41, 5.74) is 0.328. The topological polar surface area (TPSA) is 97.4 Å². The molecule has 0 radical (unpaired) electrons. The molecule has 0 saturated heterocycles. The fourth-order valence-corrected chi connectivity index (χ4v) is 3.66. The molecular weight excluding hydrogens is 314 g/mol. The van der Waals surface area contributed by atoms with E-state index in [1.807, 2.05) is 0 Å². The van der Waals surface area contributed by atoms with Gasteiger partial charge >= 0.3 is 0 Å². The Balaban J connectivity index is 2.26. The van der Waals surface area contributed by atoms with Gasteiger partial charge in [0.1, 0.15) is 5.75 Å². The van der Waals surface area contributed by atoms with Gasteiger partial charge in [-0.15, -0.1) is 0 Å². The Hall–Kier alpha value is -2.13. The summed E-state index contributed by atoms with van der Waals surface area (Å²) in [5, 5.41) is 2.66. The SMILES string of the molecule is COc1ccccc1NS(=O)(=O)c1cnc(NC(C)=O)s1. The summed E-state index contributed by atoms with van der Waals surface area (Å²) in [6.45, 7) is 1.32. The number of hydrogen-bond donors (Lipinski definition) is 2. The number of carbonyl (C=O) groups excluding carboxylic acids is 1. The molecule has 0 aliphatic carbocycles. The van der Waals surface area contributed by atoms with E-state index >= 15 is 0 Å². The van der Waals surface area contributed by atoms with Gasteiger partial charge in [0.25, 0.3) is 10.0 Å². The lowest BCUT2D eigenvalue weighted by molar-refractivity contribution is -0.114. The second kappa shape index (κ2) is 6.10. The number of nitrogens with zero attached hydrogens (tertiary/aromatic N) is 1. The van der Waals surface area contributed by atoms with Crippen LogP contribution in [0.25, 0.3) is 0 Å². The maximum atomic E-state index is 12.3. The molecule has 2 rings (SSSR count). The lowest BCUT2D eigenvalue weighted by atomic mass is 10.3. The zero-order valence-corrected chi connectivity index (χ0v) is 12.9. The van der Waals surface area contributed by atoms with Gasteiger partial charge in [0.15, 0.2) is 9.34 Å². The van der Waals surface area contributed by atoms with Crippen molar-refractivity contribution >= 4 is 38.1 Å². The summed E-state index contributed by atoms with van der Waals surface area (Å²) in [7, 11) is -2.33. The van der Waals surface area contributed by atoms with E-state index in [-0.39, 0.29) is 15.2 Å². The van der Waals surface area contributed by atoms with Crippen molar-refractivity contribution in [1.82, 2.24) is 4.98 Å². The molecule has 2 aromatic rings. The van der Waals surface area contributed by atoms with Gasteiger partial charge in [0.2, 0.25) is 5.91 Å². The zero-order chi connectivity index (χ0) is 15.5. The van der Waals surface area contributed by atoms with E-state index in [0.717, 1.165) is 11.3 Å². The summed E-state index contributed by atoms with van der Waals surface area (Å²) < 4.78 is 32.0. The molecule has 2 N–H and O–H groups in total. The molecule has 0 saturated carbocycles. The predicted molar refractivity (Wildman–Crippen MR) is 80.2 cm³/mol. The number of rotatable bonds is 5. The molecule has 0 aliphatic heterocycles. The number of ether oxygens (including phenoxy) is 1. The van der Waals surface area contributed by atoms with Gasteiger partial charge in [0.05, 0.1) is 19.0 Å². The molecule has 0 aliphatic rings. The van der Waals surface area contributed by atoms with Crippen LogP contribution in [0.3, 0.4) is 0 Å². The Bertz CT molecular complexity index is 755. The van der Waals surface area contributed by atoms with Crippen LogP contribution in [0.5, 0.6) is 5.75 Å². The summed E-state index contributed by atoms with van der Waals surface area (Å²) >= 11 is 0.867. The van der Waals surface area contributed by atoms with Gasteiger partial charge < -0.3 is 10.1 Å². The molecule has 1 aromatic carbocycles.